The molecule has 26 heavy (non-hydrogen) atoms. The van der Waals surface area contributed by atoms with Gasteiger partial charge < -0.3 is 19.7 Å². The summed E-state index contributed by atoms with van der Waals surface area (Å²) in [5, 5.41) is 5.59. The first kappa shape index (κ1) is 18.0. The van der Waals surface area contributed by atoms with E-state index in [2.05, 4.69) is 15.6 Å². The average Bonchev–Trinajstić information content (AvgIpc) is 2.68. The Bertz CT molecular complexity index is 713. The molecule has 8 heteroatoms. The number of amides is 2. The summed E-state index contributed by atoms with van der Waals surface area (Å²) in [5.41, 5.74) is 0.484. The summed E-state index contributed by atoms with van der Waals surface area (Å²) in [6, 6.07) is 4.37. The zero-order valence-electron chi connectivity index (χ0n) is 15.1. The molecule has 1 aromatic rings. The number of nitrogens with zero attached hydrogens (tertiary/aromatic N) is 2. The number of hydrogen-bond acceptors (Lipinski definition) is 6. The first-order valence-electron chi connectivity index (χ1n) is 8.76. The third kappa shape index (κ3) is 4.07. The highest BCUT2D eigenvalue weighted by Crippen LogP contribution is 2.29. The Morgan fingerprint density at radius 1 is 1.23 bits per heavy atom. The van der Waals surface area contributed by atoms with Crippen molar-refractivity contribution in [1.29, 1.82) is 0 Å². The number of rotatable bonds is 4. The molecule has 140 valence electrons. The van der Waals surface area contributed by atoms with Crippen LogP contribution in [0.1, 0.15) is 25.7 Å². The number of piperidine rings is 1. The number of guanidine groups is 1. The summed E-state index contributed by atoms with van der Waals surface area (Å²) < 4.78 is 10.5. The fraction of sp³-hybridized carbons (Fsp3) is 0.500. The van der Waals surface area contributed by atoms with Gasteiger partial charge in [-0.15, -0.1) is 0 Å². The van der Waals surface area contributed by atoms with E-state index in [0.717, 1.165) is 25.9 Å². The Labute approximate surface area is 152 Å². The molecule has 8 nitrogen and oxygen atoms in total. The number of nitrogens with one attached hydrogen (secondary N) is 2. The summed E-state index contributed by atoms with van der Waals surface area (Å²) in [6.45, 7) is 1.69. The molecule has 0 unspecified atom stereocenters. The number of hydrogen-bond donors (Lipinski definition) is 2. The number of likely N-dealkylation sites (tertiary alicyclic amines) is 1. The van der Waals surface area contributed by atoms with Gasteiger partial charge in [0.25, 0.3) is 0 Å². The first-order chi connectivity index (χ1) is 12.6. The number of anilines is 1. The van der Waals surface area contributed by atoms with Crippen LogP contribution in [0.3, 0.4) is 0 Å². The minimum atomic E-state index is -0.767. The van der Waals surface area contributed by atoms with Gasteiger partial charge in [0, 0.05) is 19.2 Å². The van der Waals surface area contributed by atoms with Gasteiger partial charge in [0.2, 0.25) is 17.8 Å². The molecule has 1 atom stereocenters. The standard InChI is InChI=1S/C18H24N4O4/c1-25-12-6-7-15(26-2)13(10-12)19-17(24)14-11-16(23)21-18(20-14)22-8-4-3-5-9-22/h6-7,10,14H,3-5,8-9,11H2,1-2H3,(H,19,24)(H,20,21,23)/t14-/m1/s1. The predicted octanol–water partition coefficient (Wildman–Crippen LogP) is 1.37. The summed E-state index contributed by atoms with van der Waals surface area (Å²) in [7, 11) is 3.08. The van der Waals surface area contributed by atoms with E-state index in [4.69, 9.17) is 9.47 Å². The van der Waals surface area contributed by atoms with E-state index in [1.807, 2.05) is 4.90 Å². The van der Waals surface area contributed by atoms with Gasteiger partial charge in [-0.05, 0) is 31.4 Å². The number of carbonyl (C=O) groups excluding carboxylic acids is 2. The summed E-state index contributed by atoms with van der Waals surface area (Å²) in [4.78, 5) is 31.3. The molecular weight excluding hydrogens is 336 g/mol. The van der Waals surface area contributed by atoms with Crippen LogP contribution in [-0.4, -0.2) is 56.0 Å². The van der Waals surface area contributed by atoms with Crippen molar-refractivity contribution in [2.75, 3.05) is 32.6 Å². The zero-order chi connectivity index (χ0) is 18.5. The Morgan fingerprint density at radius 2 is 2.00 bits per heavy atom. The highest BCUT2D eigenvalue weighted by atomic mass is 16.5. The molecule has 3 rings (SSSR count). The number of aliphatic imine (C=N–C) groups is 1. The molecule has 0 saturated carbocycles. The second kappa shape index (κ2) is 8.07. The fourth-order valence-electron chi connectivity index (χ4n) is 3.12. The van der Waals surface area contributed by atoms with Crippen molar-refractivity contribution in [3.05, 3.63) is 18.2 Å². The quantitative estimate of drug-likeness (QED) is 0.846. The van der Waals surface area contributed by atoms with Crippen LogP contribution in [0.4, 0.5) is 5.69 Å². The SMILES string of the molecule is COc1ccc(OC)c(NC(=O)[C@H]2CC(=O)NC(N3CCCCC3)=N2)c1. The van der Waals surface area contributed by atoms with Crippen molar-refractivity contribution >= 4 is 23.5 Å². The average molecular weight is 360 g/mol. The van der Waals surface area contributed by atoms with Crippen LogP contribution in [0.2, 0.25) is 0 Å². The minimum Gasteiger partial charge on any atom is -0.497 e. The molecule has 2 amide bonds. The van der Waals surface area contributed by atoms with Crippen LogP contribution in [-0.2, 0) is 9.59 Å². The van der Waals surface area contributed by atoms with Crippen LogP contribution in [0.5, 0.6) is 11.5 Å². The van der Waals surface area contributed by atoms with E-state index in [9.17, 15) is 9.59 Å². The van der Waals surface area contributed by atoms with Gasteiger partial charge in [0.15, 0.2) is 0 Å². The molecule has 2 N–H and O–H groups in total. The maximum absolute atomic E-state index is 12.7. The van der Waals surface area contributed by atoms with Crippen molar-refractivity contribution in [3.8, 4) is 11.5 Å². The Hall–Kier alpha value is -2.77. The number of ether oxygens (including phenoxy) is 2. The number of benzene rings is 1. The smallest absolute Gasteiger partial charge is 0.249 e. The molecular formula is C18H24N4O4. The van der Waals surface area contributed by atoms with Crippen molar-refractivity contribution < 1.29 is 19.1 Å². The lowest BCUT2D eigenvalue weighted by molar-refractivity contribution is -0.125. The van der Waals surface area contributed by atoms with Crippen molar-refractivity contribution in [3.63, 3.8) is 0 Å². The van der Waals surface area contributed by atoms with Crippen LogP contribution in [0, 0.1) is 0 Å². The second-order valence-corrected chi connectivity index (χ2v) is 6.32. The maximum atomic E-state index is 12.7. The van der Waals surface area contributed by atoms with E-state index in [1.165, 1.54) is 13.5 Å². The molecule has 2 aliphatic heterocycles. The third-order valence-corrected chi connectivity index (χ3v) is 4.53. The fourth-order valence-corrected chi connectivity index (χ4v) is 3.12. The molecule has 0 bridgehead atoms. The molecule has 2 heterocycles. The summed E-state index contributed by atoms with van der Waals surface area (Å²) >= 11 is 0. The second-order valence-electron chi connectivity index (χ2n) is 6.32. The van der Waals surface area contributed by atoms with Gasteiger partial charge in [-0.25, -0.2) is 4.99 Å². The molecule has 0 aliphatic carbocycles. The van der Waals surface area contributed by atoms with E-state index < -0.39 is 6.04 Å². The van der Waals surface area contributed by atoms with Crippen molar-refractivity contribution in [2.45, 2.75) is 31.7 Å². The van der Waals surface area contributed by atoms with Gasteiger partial charge in [-0.2, -0.15) is 0 Å². The van der Waals surface area contributed by atoms with Crippen LogP contribution in [0.15, 0.2) is 23.2 Å². The minimum absolute atomic E-state index is 0.0233. The molecule has 2 aliphatic rings. The number of methoxy groups -OCH3 is 2. The van der Waals surface area contributed by atoms with Crippen LogP contribution < -0.4 is 20.1 Å². The lowest BCUT2D eigenvalue weighted by Gasteiger charge is -2.32. The Morgan fingerprint density at radius 3 is 2.69 bits per heavy atom. The van der Waals surface area contributed by atoms with Gasteiger partial charge in [-0.3, -0.25) is 14.9 Å². The normalized spacial score (nSPS) is 20.1. The Kier molecular flexibility index (Phi) is 5.60. The zero-order valence-corrected chi connectivity index (χ0v) is 15.1. The van der Waals surface area contributed by atoms with E-state index >= 15 is 0 Å². The lowest BCUT2D eigenvalue weighted by atomic mass is 10.1. The van der Waals surface area contributed by atoms with Crippen molar-refractivity contribution in [1.82, 2.24) is 10.2 Å². The molecule has 0 spiro atoms. The van der Waals surface area contributed by atoms with E-state index in [0.29, 0.717) is 23.1 Å². The maximum Gasteiger partial charge on any atom is 0.249 e. The van der Waals surface area contributed by atoms with Crippen LogP contribution >= 0.6 is 0 Å². The summed E-state index contributed by atoms with van der Waals surface area (Å²) in [5.74, 6) is 1.07. The van der Waals surface area contributed by atoms with E-state index in [1.54, 1.807) is 25.3 Å². The van der Waals surface area contributed by atoms with Gasteiger partial charge in [-0.1, -0.05) is 0 Å². The highest BCUT2D eigenvalue weighted by Gasteiger charge is 2.30. The Balaban J connectivity index is 1.77. The first-order valence-corrected chi connectivity index (χ1v) is 8.76. The number of carbonyl (C=O) groups is 2. The molecule has 1 saturated heterocycles. The molecule has 1 fully saturated rings. The highest BCUT2D eigenvalue weighted by molar-refractivity contribution is 6.06. The third-order valence-electron chi connectivity index (χ3n) is 4.53. The van der Waals surface area contributed by atoms with Crippen LogP contribution in [0.25, 0.3) is 0 Å². The van der Waals surface area contributed by atoms with Gasteiger partial charge in [0.1, 0.15) is 17.5 Å². The van der Waals surface area contributed by atoms with E-state index in [-0.39, 0.29) is 18.2 Å². The lowest BCUT2D eigenvalue weighted by Crippen LogP contribution is -2.51. The van der Waals surface area contributed by atoms with Gasteiger partial charge in [0.05, 0.1) is 26.3 Å². The molecule has 0 radical (unpaired) electrons. The molecule has 1 aromatic carbocycles. The topological polar surface area (TPSA) is 92.3 Å². The van der Waals surface area contributed by atoms with Gasteiger partial charge >= 0.3 is 0 Å². The monoisotopic (exact) mass is 360 g/mol. The largest absolute Gasteiger partial charge is 0.497 e. The molecule has 0 aromatic heterocycles. The predicted molar refractivity (Wildman–Crippen MR) is 97.6 cm³/mol. The van der Waals surface area contributed by atoms with Crippen molar-refractivity contribution in [2.24, 2.45) is 4.99 Å². The summed E-state index contributed by atoms with van der Waals surface area (Å²) in [6.07, 6.45) is 3.33.